The molecule has 2 aromatic rings. The van der Waals surface area contributed by atoms with E-state index in [9.17, 15) is 4.79 Å². The van der Waals surface area contributed by atoms with Gasteiger partial charge in [0.1, 0.15) is 11.7 Å². The lowest BCUT2D eigenvalue weighted by Gasteiger charge is -2.14. The van der Waals surface area contributed by atoms with Gasteiger partial charge in [-0.25, -0.2) is 0 Å². The van der Waals surface area contributed by atoms with Crippen LogP contribution in [0.2, 0.25) is 10.0 Å². The van der Waals surface area contributed by atoms with Crippen LogP contribution in [0.5, 0.6) is 0 Å². The average molecular weight is 344 g/mol. The number of carbonyl (C=O) groups is 1. The zero-order valence-electron chi connectivity index (χ0n) is 13.0. The Balaban J connectivity index is 2.05. The molecule has 0 saturated heterocycles. The second-order valence-corrected chi connectivity index (χ2v) is 5.89. The van der Waals surface area contributed by atoms with E-state index in [1.807, 2.05) is 20.8 Å². The summed E-state index contributed by atoms with van der Waals surface area (Å²) in [6, 6.07) is -0.460. The summed E-state index contributed by atoms with van der Waals surface area (Å²) in [5.41, 5.74) is 2.13. The maximum Gasteiger partial charge on any atom is 0.244 e. The molecule has 6 nitrogen and oxygen atoms in total. The number of aryl methyl sites for hydroxylation is 2. The number of nitrogens with zero attached hydrogens (tertiary/aromatic N) is 4. The highest BCUT2D eigenvalue weighted by atomic mass is 35.5. The van der Waals surface area contributed by atoms with Crippen molar-refractivity contribution < 1.29 is 4.79 Å². The molecule has 0 aliphatic carbocycles. The van der Waals surface area contributed by atoms with Crippen LogP contribution < -0.4 is 5.32 Å². The molecule has 22 heavy (non-hydrogen) atoms. The fourth-order valence-corrected chi connectivity index (χ4v) is 2.51. The number of halogens is 2. The third-order valence-electron chi connectivity index (χ3n) is 3.52. The summed E-state index contributed by atoms with van der Waals surface area (Å²) >= 11 is 12.2. The summed E-state index contributed by atoms with van der Waals surface area (Å²) in [6.07, 6.45) is 1.74. The first-order valence-corrected chi connectivity index (χ1v) is 7.81. The summed E-state index contributed by atoms with van der Waals surface area (Å²) in [5.74, 6) is -0.163. The van der Waals surface area contributed by atoms with E-state index < -0.39 is 6.04 Å². The molecular formula is C14H19Cl2N5O. The molecule has 0 radical (unpaired) electrons. The molecule has 0 spiro atoms. The molecular weight excluding hydrogens is 325 g/mol. The molecule has 2 heterocycles. The fourth-order valence-electron chi connectivity index (χ4n) is 2.17. The number of amides is 1. The summed E-state index contributed by atoms with van der Waals surface area (Å²) in [5, 5.41) is 12.6. The minimum atomic E-state index is -0.460. The largest absolute Gasteiger partial charge is 0.348 e. The summed E-state index contributed by atoms with van der Waals surface area (Å²) in [6.45, 7) is 8.41. The molecule has 0 aliphatic heterocycles. The van der Waals surface area contributed by atoms with Gasteiger partial charge in [0.2, 0.25) is 5.91 Å². The van der Waals surface area contributed by atoms with E-state index in [0.717, 1.165) is 12.2 Å². The van der Waals surface area contributed by atoms with Crippen LogP contribution >= 0.6 is 23.2 Å². The molecule has 0 aliphatic rings. The molecule has 0 aromatic carbocycles. The number of aromatic nitrogens is 4. The Hall–Kier alpha value is -1.53. The van der Waals surface area contributed by atoms with Crippen molar-refractivity contribution in [3.8, 4) is 0 Å². The Kier molecular flexibility index (Phi) is 5.13. The highest BCUT2D eigenvalue weighted by Gasteiger charge is 2.20. The van der Waals surface area contributed by atoms with Crippen LogP contribution in [-0.2, 0) is 17.9 Å². The van der Waals surface area contributed by atoms with Crippen molar-refractivity contribution in [2.75, 3.05) is 0 Å². The topological polar surface area (TPSA) is 64.7 Å². The lowest BCUT2D eigenvalue weighted by molar-refractivity contribution is -0.124. The van der Waals surface area contributed by atoms with Gasteiger partial charge in [0.15, 0.2) is 0 Å². The Morgan fingerprint density at radius 1 is 1.36 bits per heavy atom. The predicted molar refractivity (Wildman–Crippen MR) is 86.2 cm³/mol. The zero-order chi connectivity index (χ0) is 16.4. The third-order valence-corrected chi connectivity index (χ3v) is 4.39. The van der Waals surface area contributed by atoms with Gasteiger partial charge in [0.25, 0.3) is 0 Å². The number of carbonyl (C=O) groups excluding carboxylic acids is 1. The molecule has 1 atom stereocenters. The third kappa shape index (κ3) is 3.28. The molecule has 0 bridgehead atoms. The number of hydrogen-bond acceptors (Lipinski definition) is 3. The Morgan fingerprint density at radius 2 is 2.05 bits per heavy atom. The number of rotatable bonds is 5. The first-order valence-electron chi connectivity index (χ1n) is 7.05. The van der Waals surface area contributed by atoms with E-state index in [4.69, 9.17) is 23.2 Å². The van der Waals surface area contributed by atoms with E-state index >= 15 is 0 Å². The van der Waals surface area contributed by atoms with Gasteiger partial charge >= 0.3 is 0 Å². The minimum Gasteiger partial charge on any atom is -0.348 e. The molecule has 0 saturated carbocycles. The number of hydrogen-bond donors (Lipinski definition) is 1. The van der Waals surface area contributed by atoms with Crippen LogP contribution in [0.25, 0.3) is 0 Å². The van der Waals surface area contributed by atoms with Crippen molar-refractivity contribution in [3.63, 3.8) is 0 Å². The van der Waals surface area contributed by atoms with Gasteiger partial charge in [-0.3, -0.25) is 14.2 Å². The average Bonchev–Trinajstić information content (AvgIpc) is 2.98. The molecule has 120 valence electrons. The molecule has 8 heteroatoms. The van der Waals surface area contributed by atoms with Gasteiger partial charge in [-0.1, -0.05) is 23.2 Å². The van der Waals surface area contributed by atoms with Crippen LogP contribution in [0.3, 0.4) is 0 Å². The van der Waals surface area contributed by atoms with E-state index in [-0.39, 0.29) is 12.5 Å². The normalized spacial score (nSPS) is 12.5. The standard InChI is InChI=1S/C14H19Cl2N5O/c1-5-20-7-11(15)12(19-20)6-17-14(22)10(4)21-9(3)13(16)8(2)18-21/h7,10H,5-6H2,1-4H3,(H,17,22). The smallest absolute Gasteiger partial charge is 0.244 e. The van der Waals surface area contributed by atoms with Gasteiger partial charge in [0.05, 0.1) is 28.0 Å². The second kappa shape index (κ2) is 6.71. The van der Waals surface area contributed by atoms with Gasteiger partial charge in [-0.05, 0) is 27.7 Å². The Bertz CT molecular complexity index is 692. The van der Waals surface area contributed by atoms with Gasteiger partial charge in [-0.2, -0.15) is 10.2 Å². The molecule has 1 N–H and O–H groups in total. The van der Waals surface area contributed by atoms with Crippen molar-refractivity contribution in [1.82, 2.24) is 24.9 Å². The van der Waals surface area contributed by atoms with Gasteiger partial charge < -0.3 is 5.32 Å². The summed E-state index contributed by atoms with van der Waals surface area (Å²) in [7, 11) is 0. The lowest BCUT2D eigenvalue weighted by Crippen LogP contribution is -2.31. The quantitative estimate of drug-likeness (QED) is 0.907. The summed E-state index contributed by atoms with van der Waals surface area (Å²) in [4.78, 5) is 12.3. The minimum absolute atomic E-state index is 0.163. The van der Waals surface area contributed by atoms with E-state index in [0.29, 0.717) is 21.4 Å². The fraction of sp³-hybridized carbons (Fsp3) is 0.500. The van der Waals surface area contributed by atoms with Crippen molar-refractivity contribution in [2.24, 2.45) is 0 Å². The molecule has 1 amide bonds. The van der Waals surface area contributed by atoms with E-state index in [1.165, 1.54) is 0 Å². The maximum atomic E-state index is 12.3. The predicted octanol–water partition coefficient (Wildman–Crippen LogP) is 2.90. The Labute approximate surface area is 139 Å². The van der Waals surface area contributed by atoms with Crippen LogP contribution in [0.15, 0.2) is 6.20 Å². The highest BCUT2D eigenvalue weighted by Crippen LogP contribution is 2.22. The Morgan fingerprint density at radius 3 is 2.55 bits per heavy atom. The molecule has 1 unspecified atom stereocenters. The van der Waals surface area contributed by atoms with Crippen molar-refractivity contribution in [1.29, 1.82) is 0 Å². The SMILES string of the molecule is CCn1cc(Cl)c(CNC(=O)C(C)n2nc(C)c(Cl)c2C)n1. The first-order chi connectivity index (χ1) is 10.3. The van der Waals surface area contributed by atoms with Gasteiger partial charge in [-0.15, -0.1) is 0 Å². The summed E-state index contributed by atoms with van der Waals surface area (Å²) < 4.78 is 3.35. The first kappa shape index (κ1) is 16.8. The zero-order valence-corrected chi connectivity index (χ0v) is 14.5. The molecule has 2 aromatic heterocycles. The van der Waals surface area contributed by atoms with Gasteiger partial charge in [0, 0.05) is 12.7 Å². The monoisotopic (exact) mass is 343 g/mol. The molecule has 0 fully saturated rings. The van der Waals surface area contributed by atoms with Crippen LogP contribution in [0.1, 0.15) is 37.0 Å². The second-order valence-electron chi connectivity index (χ2n) is 5.10. The van der Waals surface area contributed by atoms with Crippen LogP contribution in [-0.4, -0.2) is 25.5 Å². The van der Waals surface area contributed by atoms with Crippen LogP contribution in [0.4, 0.5) is 0 Å². The molecule has 2 rings (SSSR count). The van der Waals surface area contributed by atoms with E-state index in [1.54, 1.807) is 22.5 Å². The van der Waals surface area contributed by atoms with Crippen molar-refractivity contribution >= 4 is 29.1 Å². The number of nitrogens with one attached hydrogen (secondary N) is 1. The van der Waals surface area contributed by atoms with E-state index in [2.05, 4.69) is 15.5 Å². The highest BCUT2D eigenvalue weighted by molar-refractivity contribution is 6.32. The lowest BCUT2D eigenvalue weighted by atomic mass is 10.3. The maximum absolute atomic E-state index is 12.3. The van der Waals surface area contributed by atoms with Crippen LogP contribution in [0, 0.1) is 13.8 Å². The van der Waals surface area contributed by atoms with Crippen molar-refractivity contribution in [3.05, 3.63) is 33.3 Å². The van der Waals surface area contributed by atoms with Crippen molar-refractivity contribution in [2.45, 2.75) is 46.8 Å².